The summed E-state index contributed by atoms with van der Waals surface area (Å²) in [6, 6.07) is 7.25. The highest BCUT2D eigenvalue weighted by Crippen LogP contribution is 2.31. The third-order valence-corrected chi connectivity index (χ3v) is 4.53. The molecule has 3 rings (SSSR count). The van der Waals surface area contributed by atoms with E-state index in [1.165, 1.54) is 23.5 Å². The molecule has 1 aromatic carbocycles. The predicted molar refractivity (Wildman–Crippen MR) is 81.8 cm³/mol. The van der Waals surface area contributed by atoms with Gasteiger partial charge in [0.2, 0.25) is 0 Å². The maximum absolute atomic E-state index is 12.4. The van der Waals surface area contributed by atoms with Gasteiger partial charge in [0.05, 0.1) is 21.9 Å². The second kappa shape index (κ2) is 5.40. The summed E-state index contributed by atoms with van der Waals surface area (Å²) in [5.74, 6) is -1.87. The van der Waals surface area contributed by atoms with Crippen LogP contribution in [0.4, 0.5) is 5.69 Å². The number of thiophene rings is 1. The number of ketones is 1. The molecule has 23 heavy (non-hydrogen) atoms. The first kappa shape index (κ1) is 15.0. The molecule has 0 atom stereocenters. The van der Waals surface area contributed by atoms with Crippen LogP contribution in [0.15, 0.2) is 30.3 Å². The van der Waals surface area contributed by atoms with E-state index in [9.17, 15) is 24.5 Å². The second-order valence-corrected chi connectivity index (χ2v) is 6.27. The number of carbonyl (C=O) groups excluding carboxylic acids is 3. The molecule has 0 unspecified atom stereocenters. The van der Waals surface area contributed by atoms with Gasteiger partial charge in [-0.2, -0.15) is 0 Å². The molecule has 1 aromatic heterocycles. The number of fused-ring (bicyclic) bond motifs is 1. The van der Waals surface area contributed by atoms with E-state index in [0.29, 0.717) is 4.88 Å². The number of rotatable bonds is 4. The van der Waals surface area contributed by atoms with Gasteiger partial charge in [-0.05, 0) is 25.1 Å². The number of nitrogens with zero attached hydrogens (tertiary/aromatic N) is 2. The first-order valence-corrected chi connectivity index (χ1v) is 7.45. The molecule has 1 aliphatic heterocycles. The van der Waals surface area contributed by atoms with Gasteiger partial charge in [0, 0.05) is 10.9 Å². The smallest absolute Gasteiger partial charge is 0.282 e. The monoisotopic (exact) mass is 330 g/mol. The number of carbonyl (C=O) groups is 3. The van der Waals surface area contributed by atoms with Gasteiger partial charge in [-0.25, -0.2) is 0 Å². The molecule has 0 spiro atoms. The molecule has 0 bridgehead atoms. The molecular formula is C15H10N2O5S. The molecule has 0 aliphatic carbocycles. The highest BCUT2D eigenvalue weighted by molar-refractivity contribution is 7.14. The van der Waals surface area contributed by atoms with Crippen molar-refractivity contribution in [3.63, 3.8) is 0 Å². The average Bonchev–Trinajstić information content (AvgIpc) is 3.05. The van der Waals surface area contributed by atoms with Crippen molar-refractivity contribution in [1.29, 1.82) is 0 Å². The quantitative estimate of drug-likeness (QED) is 0.371. The number of hydrogen-bond acceptors (Lipinski definition) is 6. The Kier molecular flexibility index (Phi) is 3.53. The lowest BCUT2D eigenvalue weighted by Crippen LogP contribution is -2.34. The van der Waals surface area contributed by atoms with Crippen LogP contribution in [0.3, 0.4) is 0 Å². The fourth-order valence-electron chi connectivity index (χ4n) is 2.42. The lowest BCUT2D eigenvalue weighted by molar-refractivity contribution is -0.385. The molecule has 0 radical (unpaired) electrons. The summed E-state index contributed by atoms with van der Waals surface area (Å²) >= 11 is 1.27. The molecule has 8 heteroatoms. The van der Waals surface area contributed by atoms with Crippen LogP contribution >= 0.6 is 11.3 Å². The normalized spacial score (nSPS) is 13.3. The highest BCUT2D eigenvalue weighted by Gasteiger charge is 2.41. The summed E-state index contributed by atoms with van der Waals surface area (Å²) in [4.78, 5) is 49.3. The van der Waals surface area contributed by atoms with E-state index in [1.807, 2.05) is 6.92 Å². The maximum atomic E-state index is 12.4. The Morgan fingerprint density at radius 3 is 2.57 bits per heavy atom. The van der Waals surface area contributed by atoms with Crippen LogP contribution in [0.25, 0.3) is 0 Å². The predicted octanol–water partition coefficient (Wildman–Crippen LogP) is 2.44. The molecule has 0 saturated heterocycles. The number of nitro benzene ring substituents is 1. The van der Waals surface area contributed by atoms with Crippen LogP contribution in [-0.2, 0) is 0 Å². The molecule has 7 nitrogen and oxygen atoms in total. The van der Waals surface area contributed by atoms with Crippen molar-refractivity contribution in [1.82, 2.24) is 4.90 Å². The van der Waals surface area contributed by atoms with Gasteiger partial charge in [0.25, 0.3) is 17.5 Å². The van der Waals surface area contributed by atoms with E-state index >= 15 is 0 Å². The molecule has 0 N–H and O–H groups in total. The summed E-state index contributed by atoms with van der Waals surface area (Å²) in [6.07, 6.45) is 0. The van der Waals surface area contributed by atoms with Crippen molar-refractivity contribution in [3.8, 4) is 0 Å². The summed E-state index contributed by atoms with van der Waals surface area (Å²) in [5, 5.41) is 11.0. The van der Waals surface area contributed by atoms with Gasteiger partial charge in [0.15, 0.2) is 5.78 Å². The minimum absolute atomic E-state index is 0.0423. The van der Waals surface area contributed by atoms with E-state index in [4.69, 9.17) is 0 Å². The summed E-state index contributed by atoms with van der Waals surface area (Å²) in [5.41, 5.74) is -0.722. The largest absolute Gasteiger partial charge is 0.291 e. The first-order chi connectivity index (χ1) is 10.9. The SMILES string of the molecule is Cc1ccc(C(=O)CN2C(=O)c3cccc([N+](=O)[O-])c3C2=O)s1. The zero-order valence-electron chi connectivity index (χ0n) is 11.9. The molecule has 0 fully saturated rings. The minimum atomic E-state index is -0.807. The van der Waals surface area contributed by atoms with Gasteiger partial charge >= 0.3 is 0 Å². The van der Waals surface area contributed by atoms with E-state index < -0.39 is 29.0 Å². The van der Waals surface area contributed by atoms with Crippen LogP contribution in [0.5, 0.6) is 0 Å². The van der Waals surface area contributed by atoms with Crippen LogP contribution in [0.1, 0.15) is 35.3 Å². The lowest BCUT2D eigenvalue weighted by atomic mass is 10.1. The number of nitro groups is 1. The van der Waals surface area contributed by atoms with Gasteiger partial charge < -0.3 is 0 Å². The Morgan fingerprint density at radius 1 is 1.22 bits per heavy atom. The molecular weight excluding hydrogens is 320 g/mol. The molecule has 2 amide bonds. The third-order valence-electron chi connectivity index (χ3n) is 3.49. The average molecular weight is 330 g/mol. The Morgan fingerprint density at radius 2 is 1.96 bits per heavy atom. The Hall–Kier alpha value is -2.87. The van der Waals surface area contributed by atoms with E-state index in [2.05, 4.69) is 0 Å². The molecule has 1 aliphatic rings. The van der Waals surface area contributed by atoms with Crippen molar-refractivity contribution < 1.29 is 19.3 Å². The molecule has 0 saturated carbocycles. The van der Waals surface area contributed by atoms with Crippen molar-refractivity contribution in [3.05, 3.63) is 61.3 Å². The Labute approximate surface area is 134 Å². The van der Waals surface area contributed by atoms with Crippen LogP contribution in [0, 0.1) is 17.0 Å². The van der Waals surface area contributed by atoms with Crippen LogP contribution < -0.4 is 0 Å². The van der Waals surface area contributed by atoms with Gasteiger partial charge in [-0.3, -0.25) is 29.4 Å². The van der Waals surface area contributed by atoms with Crippen molar-refractivity contribution in [2.24, 2.45) is 0 Å². The lowest BCUT2D eigenvalue weighted by Gasteiger charge is -2.11. The van der Waals surface area contributed by atoms with Gasteiger partial charge in [0.1, 0.15) is 5.56 Å². The number of hydrogen-bond donors (Lipinski definition) is 0. The van der Waals surface area contributed by atoms with Crippen molar-refractivity contribution >= 4 is 34.6 Å². The molecule has 116 valence electrons. The number of amides is 2. The summed E-state index contributed by atoms with van der Waals surface area (Å²) in [6.45, 7) is 1.41. The Bertz CT molecular complexity index is 871. The van der Waals surface area contributed by atoms with E-state index in [1.54, 1.807) is 12.1 Å². The zero-order chi connectivity index (χ0) is 16.7. The zero-order valence-corrected chi connectivity index (χ0v) is 12.8. The van der Waals surface area contributed by atoms with Crippen molar-refractivity contribution in [2.45, 2.75) is 6.92 Å². The van der Waals surface area contributed by atoms with Gasteiger partial charge in [-0.1, -0.05) is 6.07 Å². The standard InChI is InChI=1S/C15H10N2O5S/c1-8-5-6-12(23-8)11(18)7-16-14(19)9-3-2-4-10(17(21)22)13(9)15(16)20/h2-6H,7H2,1H3. The summed E-state index contributed by atoms with van der Waals surface area (Å²) < 4.78 is 0. The number of Topliss-reactive ketones (excluding diaryl/α,β-unsaturated/α-hetero) is 1. The third kappa shape index (κ3) is 2.42. The number of imide groups is 1. The minimum Gasteiger partial charge on any atom is -0.291 e. The van der Waals surface area contributed by atoms with Gasteiger partial charge in [-0.15, -0.1) is 11.3 Å². The first-order valence-electron chi connectivity index (χ1n) is 6.63. The molecule has 2 aromatic rings. The van der Waals surface area contributed by atoms with E-state index in [-0.39, 0.29) is 16.9 Å². The van der Waals surface area contributed by atoms with E-state index in [0.717, 1.165) is 15.8 Å². The number of benzene rings is 1. The molecule has 2 heterocycles. The Balaban J connectivity index is 1.93. The van der Waals surface area contributed by atoms with Crippen LogP contribution in [0.2, 0.25) is 0 Å². The highest BCUT2D eigenvalue weighted by atomic mass is 32.1. The van der Waals surface area contributed by atoms with Crippen LogP contribution in [-0.4, -0.2) is 34.0 Å². The summed E-state index contributed by atoms with van der Waals surface area (Å²) in [7, 11) is 0. The fraction of sp³-hybridized carbons (Fsp3) is 0.133. The maximum Gasteiger partial charge on any atom is 0.282 e. The topological polar surface area (TPSA) is 97.6 Å². The number of aryl methyl sites for hydroxylation is 1. The van der Waals surface area contributed by atoms with Crippen molar-refractivity contribution in [2.75, 3.05) is 6.54 Å². The fourth-order valence-corrected chi connectivity index (χ4v) is 3.21. The second-order valence-electron chi connectivity index (χ2n) is 4.99.